The molecule has 0 N–H and O–H groups in total. The van der Waals surface area contributed by atoms with Gasteiger partial charge in [-0.25, -0.2) is 0 Å². The lowest BCUT2D eigenvalue weighted by Gasteiger charge is -2.22. The summed E-state index contributed by atoms with van der Waals surface area (Å²) in [5.74, 6) is 2.03. The fourth-order valence-electron chi connectivity index (χ4n) is 2.11. The first-order chi connectivity index (χ1) is 10.3. The van der Waals surface area contributed by atoms with Gasteiger partial charge in [0.25, 0.3) is 5.69 Å². The number of benzene rings is 2. The molecule has 5 nitrogen and oxygen atoms in total. The largest absolute Gasteiger partial charge is 0.496 e. The van der Waals surface area contributed by atoms with Gasteiger partial charge in [-0.3, -0.25) is 10.1 Å². The average molecular weight is 301 g/mol. The van der Waals surface area contributed by atoms with Crippen molar-refractivity contribution in [1.82, 2.24) is 0 Å². The molecule has 0 saturated carbocycles. The summed E-state index contributed by atoms with van der Waals surface area (Å²) in [5, 5.41) is 10.6. The summed E-state index contributed by atoms with van der Waals surface area (Å²) in [5.41, 5.74) is 0.993. The zero-order valence-corrected chi connectivity index (χ0v) is 13.1. The van der Waals surface area contributed by atoms with Gasteiger partial charge >= 0.3 is 0 Å². The lowest BCUT2D eigenvalue weighted by atomic mass is 9.86. The second-order valence-electron chi connectivity index (χ2n) is 5.97. The Kier molecular flexibility index (Phi) is 4.35. The van der Waals surface area contributed by atoms with Crippen molar-refractivity contribution in [3.63, 3.8) is 0 Å². The van der Waals surface area contributed by atoms with E-state index >= 15 is 0 Å². The Morgan fingerprint density at radius 1 is 1.00 bits per heavy atom. The smallest absolute Gasteiger partial charge is 0.269 e. The maximum absolute atomic E-state index is 10.6. The first-order valence-corrected chi connectivity index (χ1v) is 6.92. The SMILES string of the molecule is COc1ccc(Oc2ccc([N+](=O)[O-])cc2)cc1C(C)(C)C. The summed E-state index contributed by atoms with van der Waals surface area (Å²) in [6, 6.07) is 11.6. The Bertz CT molecular complexity index is 672. The van der Waals surface area contributed by atoms with E-state index in [1.807, 2.05) is 18.2 Å². The van der Waals surface area contributed by atoms with E-state index in [0.29, 0.717) is 11.5 Å². The minimum absolute atomic E-state index is 0.0393. The molecule has 2 aromatic rings. The number of non-ortho nitro benzene ring substituents is 1. The Balaban J connectivity index is 2.28. The van der Waals surface area contributed by atoms with Crippen LogP contribution < -0.4 is 9.47 Å². The van der Waals surface area contributed by atoms with Crippen molar-refractivity contribution >= 4 is 5.69 Å². The van der Waals surface area contributed by atoms with Crippen LogP contribution in [0.1, 0.15) is 26.3 Å². The molecule has 0 spiro atoms. The molecular weight excluding hydrogens is 282 g/mol. The number of nitrogens with zero attached hydrogens (tertiary/aromatic N) is 1. The van der Waals surface area contributed by atoms with Crippen LogP contribution in [-0.2, 0) is 5.41 Å². The summed E-state index contributed by atoms with van der Waals surface area (Å²) < 4.78 is 11.2. The van der Waals surface area contributed by atoms with E-state index in [0.717, 1.165) is 11.3 Å². The minimum Gasteiger partial charge on any atom is -0.496 e. The highest BCUT2D eigenvalue weighted by atomic mass is 16.6. The standard InChI is InChI=1S/C17H19NO4/c1-17(2,3)15-11-14(9-10-16(15)21-4)22-13-7-5-12(6-8-13)18(19)20/h5-11H,1-4H3. The number of methoxy groups -OCH3 is 1. The van der Waals surface area contributed by atoms with Gasteiger partial charge in [0.2, 0.25) is 0 Å². The molecule has 2 rings (SSSR count). The van der Waals surface area contributed by atoms with Crippen molar-refractivity contribution in [2.45, 2.75) is 26.2 Å². The fraction of sp³-hybridized carbons (Fsp3) is 0.294. The number of ether oxygens (including phenoxy) is 2. The molecule has 0 aliphatic heterocycles. The van der Waals surface area contributed by atoms with Crippen LogP contribution in [0.2, 0.25) is 0 Å². The summed E-state index contributed by atoms with van der Waals surface area (Å²) in [7, 11) is 1.64. The molecule has 0 amide bonds. The number of nitro benzene ring substituents is 1. The number of nitro groups is 1. The van der Waals surface area contributed by atoms with Crippen LogP contribution >= 0.6 is 0 Å². The predicted octanol–water partition coefficient (Wildman–Crippen LogP) is 4.69. The second-order valence-corrected chi connectivity index (χ2v) is 5.97. The molecule has 2 aromatic carbocycles. The van der Waals surface area contributed by atoms with Gasteiger partial charge in [-0.2, -0.15) is 0 Å². The van der Waals surface area contributed by atoms with Gasteiger partial charge < -0.3 is 9.47 Å². The summed E-state index contributed by atoms with van der Waals surface area (Å²) in [6.45, 7) is 6.29. The minimum atomic E-state index is -0.436. The highest BCUT2D eigenvalue weighted by Crippen LogP contribution is 2.35. The van der Waals surface area contributed by atoms with Gasteiger partial charge in [0.1, 0.15) is 17.2 Å². The fourth-order valence-corrected chi connectivity index (χ4v) is 2.11. The van der Waals surface area contributed by atoms with Crippen LogP contribution in [0.25, 0.3) is 0 Å². The van der Waals surface area contributed by atoms with Gasteiger partial charge in [0.15, 0.2) is 0 Å². The molecule has 0 fully saturated rings. The number of hydrogen-bond acceptors (Lipinski definition) is 4. The molecule has 116 valence electrons. The Morgan fingerprint density at radius 2 is 1.59 bits per heavy atom. The van der Waals surface area contributed by atoms with Gasteiger partial charge in [0.05, 0.1) is 12.0 Å². The Morgan fingerprint density at radius 3 is 2.09 bits per heavy atom. The molecule has 0 saturated heterocycles. The first-order valence-electron chi connectivity index (χ1n) is 6.92. The molecule has 0 heterocycles. The van der Waals surface area contributed by atoms with Crippen LogP contribution in [-0.4, -0.2) is 12.0 Å². The highest BCUT2D eigenvalue weighted by Gasteiger charge is 2.19. The maximum atomic E-state index is 10.6. The Labute approximate surface area is 129 Å². The van der Waals surface area contributed by atoms with Crippen LogP contribution in [0.4, 0.5) is 5.69 Å². The van der Waals surface area contributed by atoms with Crippen LogP contribution in [0.5, 0.6) is 17.2 Å². The molecule has 0 bridgehead atoms. The third-order valence-corrected chi connectivity index (χ3v) is 3.26. The van der Waals surface area contributed by atoms with E-state index in [4.69, 9.17) is 9.47 Å². The van der Waals surface area contributed by atoms with E-state index in [2.05, 4.69) is 20.8 Å². The maximum Gasteiger partial charge on any atom is 0.269 e. The highest BCUT2D eigenvalue weighted by molar-refractivity contribution is 5.46. The van der Waals surface area contributed by atoms with Gasteiger partial charge in [-0.15, -0.1) is 0 Å². The monoisotopic (exact) mass is 301 g/mol. The lowest BCUT2D eigenvalue weighted by molar-refractivity contribution is -0.384. The summed E-state index contributed by atoms with van der Waals surface area (Å²) >= 11 is 0. The van der Waals surface area contributed by atoms with Gasteiger partial charge in [-0.1, -0.05) is 20.8 Å². The third-order valence-electron chi connectivity index (χ3n) is 3.26. The first kappa shape index (κ1) is 15.8. The van der Waals surface area contributed by atoms with Crippen LogP contribution in [0, 0.1) is 10.1 Å². The normalized spacial score (nSPS) is 11.1. The van der Waals surface area contributed by atoms with Gasteiger partial charge in [0, 0.05) is 17.7 Å². The van der Waals surface area contributed by atoms with E-state index in [1.54, 1.807) is 19.2 Å². The van der Waals surface area contributed by atoms with Crippen molar-refractivity contribution in [1.29, 1.82) is 0 Å². The average Bonchev–Trinajstić information content (AvgIpc) is 2.47. The molecule has 0 aliphatic rings. The Hall–Kier alpha value is -2.56. The topological polar surface area (TPSA) is 61.6 Å². The summed E-state index contributed by atoms with van der Waals surface area (Å²) in [6.07, 6.45) is 0. The molecule has 0 unspecified atom stereocenters. The van der Waals surface area contributed by atoms with Crippen molar-refractivity contribution in [3.8, 4) is 17.2 Å². The number of rotatable bonds is 4. The molecule has 0 atom stereocenters. The van der Waals surface area contributed by atoms with Crippen molar-refractivity contribution < 1.29 is 14.4 Å². The van der Waals surface area contributed by atoms with E-state index in [1.165, 1.54) is 12.1 Å². The summed E-state index contributed by atoms with van der Waals surface area (Å²) in [4.78, 5) is 10.2. The van der Waals surface area contributed by atoms with E-state index in [9.17, 15) is 10.1 Å². The zero-order valence-electron chi connectivity index (χ0n) is 13.1. The molecular formula is C17H19NO4. The predicted molar refractivity (Wildman–Crippen MR) is 84.9 cm³/mol. The zero-order chi connectivity index (χ0) is 16.3. The van der Waals surface area contributed by atoms with Gasteiger partial charge in [-0.05, 0) is 35.7 Å². The van der Waals surface area contributed by atoms with E-state index < -0.39 is 4.92 Å². The van der Waals surface area contributed by atoms with Crippen LogP contribution in [0.3, 0.4) is 0 Å². The van der Waals surface area contributed by atoms with Crippen molar-refractivity contribution in [2.24, 2.45) is 0 Å². The van der Waals surface area contributed by atoms with E-state index in [-0.39, 0.29) is 11.1 Å². The third kappa shape index (κ3) is 3.55. The van der Waals surface area contributed by atoms with Crippen LogP contribution in [0.15, 0.2) is 42.5 Å². The second kappa shape index (κ2) is 6.05. The molecule has 0 aliphatic carbocycles. The number of hydrogen-bond donors (Lipinski definition) is 0. The van der Waals surface area contributed by atoms with Crippen molar-refractivity contribution in [2.75, 3.05) is 7.11 Å². The lowest BCUT2D eigenvalue weighted by Crippen LogP contribution is -2.12. The quantitative estimate of drug-likeness (QED) is 0.607. The van der Waals surface area contributed by atoms with Crippen molar-refractivity contribution in [3.05, 3.63) is 58.1 Å². The molecule has 22 heavy (non-hydrogen) atoms. The molecule has 0 radical (unpaired) electrons. The molecule has 5 heteroatoms. The molecule has 0 aromatic heterocycles.